The van der Waals surface area contributed by atoms with Gasteiger partial charge in [-0.1, -0.05) is 356 Å². The molecule has 0 saturated heterocycles. The molecule has 570 valence electrons. The lowest BCUT2D eigenvalue weighted by Crippen LogP contribution is -2.30. The molecule has 3 unspecified atom stereocenters. The number of phosphoric acid groups is 2. The van der Waals surface area contributed by atoms with Crippen LogP contribution in [0.2, 0.25) is 0 Å². The van der Waals surface area contributed by atoms with Crippen LogP contribution in [0.3, 0.4) is 0 Å². The van der Waals surface area contributed by atoms with Gasteiger partial charge in [0, 0.05) is 25.7 Å². The van der Waals surface area contributed by atoms with Crippen LogP contribution in [0.1, 0.15) is 407 Å². The van der Waals surface area contributed by atoms with Crippen LogP contribution in [0.25, 0.3) is 0 Å². The molecule has 0 saturated carbocycles. The average Bonchev–Trinajstić information content (AvgIpc) is 1.27. The molecule has 17 nitrogen and oxygen atoms in total. The van der Waals surface area contributed by atoms with Gasteiger partial charge in [-0.05, 0) is 31.6 Å². The first kappa shape index (κ1) is 94.1. The minimum atomic E-state index is -4.96. The van der Waals surface area contributed by atoms with E-state index in [1.54, 1.807) is 0 Å². The number of unbranched alkanes of at least 4 members (excludes halogenated alkanes) is 48. The van der Waals surface area contributed by atoms with Crippen molar-refractivity contribution < 1.29 is 80.2 Å². The fourth-order valence-electron chi connectivity index (χ4n) is 11.8. The Bertz CT molecular complexity index is 1840. The van der Waals surface area contributed by atoms with Crippen LogP contribution >= 0.6 is 15.6 Å². The number of ether oxygens (including phenoxy) is 4. The second kappa shape index (κ2) is 70.1. The van der Waals surface area contributed by atoms with E-state index in [9.17, 15) is 43.2 Å². The van der Waals surface area contributed by atoms with Crippen molar-refractivity contribution >= 4 is 39.5 Å². The minimum Gasteiger partial charge on any atom is -0.462 e. The Morgan fingerprint density at radius 2 is 0.500 bits per heavy atom. The molecule has 6 atom stereocenters. The number of phosphoric ester groups is 2. The van der Waals surface area contributed by atoms with Crippen LogP contribution in [0.15, 0.2) is 0 Å². The fourth-order valence-corrected chi connectivity index (χ4v) is 13.4. The monoisotopic (exact) mass is 1410 g/mol. The average molecular weight is 1410 g/mol. The van der Waals surface area contributed by atoms with Crippen molar-refractivity contribution in [3.8, 4) is 0 Å². The fraction of sp³-hybridized carbons (Fsp3) is 0.948. The molecule has 0 radical (unpaired) electrons. The predicted octanol–water partition coefficient (Wildman–Crippen LogP) is 22.9. The highest BCUT2D eigenvalue weighted by molar-refractivity contribution is 7.47. The van der Waals surface area contributed by atoms with Crippen molar-refractivity contribution in [3.63, 3.8) is 0 Å². The first-order valence-electron chi connectivity index (χ1n) is 40.2. The normalized spacial score (nSPS) is 14.2. The lowest BCUT2D eigenvalue weighted by atomic mass is 9.99. The molecule has 0 aromatic carbocycles. The van der Waals surface area contributed by atoms with Gasteiger partial charge in [-0.3, -0.25) is 37.3 Å². The number of esters is 4. The van der Waals surface area contributed by atoms with E-state index >= 15 is 0 Å². The van der Waals surface area contributed by atoms with E-state index in [0.717, 1.165) is 102 Å². The van der Waals surface area contributed by atoms with Gasteiger partial charge >= 0.3 is 39.5 Å². The topological polar surface area (TPSA) is 237 Å². The smallest absolute Gasteiger partial charge is 0.462 e. The zero-order valence-electron chi connectivity index (χ0n) is 62.5. The van der Waals surface area contributed by atoms with Crippen molar-refractivity contribution in [1.82, 2.24) is 0 Å². The van der Waals surface area contributed by atoms with Gasteiger partial charge < -0.3 is 33.8 Å². The number of carbonyl (C=O) groups is 4. The second-order valence-corrected chi connectivity index (χ2v) is 30.9. The zero-order valence-corrected chi connectivity index (χ0v) is 64.3. The molecule has 0 rings (SSSR count). The molecule has 3 N–H and O–H groups in total. The molecule has 0 aromatic heterocycles. The molecule has 0 aromatic rings. The minimum absolute atomic E-state index is 0.105. The Labute approximate surface area is 588 Å². The van der Waals surface area contributed by atoms with E-state index in [-0.39, 0.29) is 25.7 Å². The molecule has 0 aliphatic carbocycles. The quantitative estimate of drug-likeness (QED) is 0.0222. The molecule has 0 aliphatic rings. The van der Waals surface area contributed by atoms with Gasteiger partial charge in [0.2, 0.25) is 0 Å². The summed E-state index contributed by atoms with van der Waals surface area (Å²) in [6, 6.07) is 0. The molecule has 0 heterocycles. The van der Waals surface area contributed by atoms with E-state index in [4.69, 9.17) is 37.0 Å². The van der Waals surface area contributed by atoms with E-state index in [1.165, 1.54) is 225 Å². The third kappa shape index (κ3) is 69.2. The Morgan fingerprint density at radius 3 is 0.740 bits per heavy atom. The number of rotatable bonds is 77. The van der Waals surface area contributed by atoms with E-state index in [2.05, 4.69) is 34.6 Å². The van der Waals surface area contributed by atoms with E-state index < -0.39 is 97.5 Å². The van der Waals surface area contributed by atoms with Crippen molar-refractivity contribution in [2.24, 2.45) is 5.92 Å². The number of aliphatic hydroxyl groups excluding tert-OH is 1. The summed E-state index contributed by atoms with van der Waals surface area (Å²) < 4.78 is 68.5. The molecule has 19 heteroatoms. The van der Waals surface area contributed by atoms with Gasteiger partial charge in [-0.25, -0.2) is 9.13 Å². The third-order valence-corrected chi connectivity index (χ3v) is 20.3. The van der Waals surface area contributed by atoms with Crippen molar-refractivity contribution in [2.45, 2.75) is 425 Å². The summed E-state index contributed by atoms with van der Waals surface area (Å²) in [5, 5.41) is 10.6. The van der Waals surface area contributed by atoms with Gasteiger partial charge in [0.05, 0.1) is 26.4 Å². The Kier molecular flexibility index (Phi) is 68.7. The summed E-state index contributed by atoms with van der Waals surface area (Å²) in [6.45, 7) is 7.27. The molecule has 0 bridgehead atoms. The number of hydrogen-bond donors (Lipinski definition) is 3. The maximum absolute atomic E-state index is 13.1. The SMILES string of the molecule is CCCCCCCCCCCCCCCCCCCCCCC(=O)O[C@H](COC(=O)CCCCCCCCCCCCCCCCCC)COP(=O)(O)OC[C@@H](O)COP(=O)(O)OC[C@@H](COC(=O)CCCCCCCCCC)OC(=O)CCCCCCCCCCC(C)CC. The number of carbonyl (C=O) groups excluding carboxylic acids is 4. The third-order valence-electron chi connectivity index (χ3n) is 18.4. The summed E-state index contributed by atoms with van der Waals surface area (Å²) >= 11 is 0. The molecule has 96 heavy (non-hydrogen) atoms. The van der Waals surface area contributed by atoms with Crippen LogP contribution in [0.5, 0.6) is 0 Å². The summed E-state index contributed by atoms with van der Waals surface area (Å²) in [6.07, 6.45) is 59.7. The van der Waals surface area contributed by atoms with Gasteiger partial charge in [0.1, 0.15) is 19.3 Å². The highest BCUT2D eigenvalue weighted by atomic mass is 31.2. The van der Waals surface area contributed by atoms with Crippen LogP contribution in [-0.2, 0) is 65.4 Å². The Morgan fingerprint density at radius 1 is 0.292 bits per heavy atom. The highest BCUT2D eigenvalue weighted by Crippen LogP contribution is 2.45. The highest BCUT2D eigenvalue weighted by Gasteiger charge is 2.30. The maximum Gasteiger partial charge on any atom is 0.472 e. The van der Waals surface area contributed by atoms with Gasteiger partial charge in [0.15, 0.2) is 12.2 Å². The van der Waals surface area contributed by atoms with Crippen molar-refractivity contribution in [3.05, 3.63) is 0 Å². The molecule has 0 amide bonds. The first-order chi connectivity index (χ1) is 46.6. The largest absolute Gasteiger partial charge is 0.472 e. The van der Waals surface area contributed by atoms with Crippen LogP contribution in [0.4, 0.5) is 0 Å². The van der Waals surface area contributed by atoms with Gasteiger partial charge in [-0.15, -0.1) is 0 Å². The van der Waals surface area contributed by atoms with Gasteiger partial charge in [-0.2, -0.15) is 0 Å². The standard InChI is InChI=1S/C77H150O17P2/c1-6-10-13-16-19-22-24-26-28-30-31-32-33-35-37-39-41-47-52-57-62-76(81)93-73(67-88-75(80)61-56-51-46-40-38-36-34-29-27-25-23-20-17-14-11-7-2)69-92-96(85,86)90-65-71(78)64-89-95(83,84)91-68-72(66-87-74(79)60-55-50-45-21-18-15-12-8-3)94-77(82)63-58-53-48-43-42-44-49-54-59-70(5)9-4/h70-73,78H,6-69H2,1-5H3,(H,83,84)(H,85,86)/t70?,71-,72+,73+/m0/s1. The summed E-state index contributed by atoms with van der Waals surface area (Å²) in [4.78, 5) is 72.7. The lowest BCUT2D eigenvalue weighted by molar-refractivity contribution is -0.161. The molecular formula is C77H150O17P2. The van der Waals surface area contributed by atoms with E-state index in [0.29, 0.717) is 25.7 Å². The van der Waals surface area contributed by atoms with E-state index in [1.807, 2.05) is 0 Å². The summed E-state index contributed by atoms with van der Waals surface area (Å²) in [5.41, 5.74) is 0. The lowest BCUT2D eigenvalue weighted by Gasteiger charge is -2.21. The first-order valence-corrected chi connectivity index (χ1v) is 43.2. The predicted molar refractivity (Wildman–Crippen MR) is 391 cm³/mol. The molecular weight excluding hydrogens is 1260 g/mol. The molecule has 0 spiro atoms. The van der Waals surface area contributed by atoms with Crippen molar-refractivity contribution in [2.75, 3.05) is 39.6 Å². The zero-order chi connectivity index (χ0) is 70.5. The second-order valence-electron chi connectivity index (χ2n) is 28.0. The van der Waals surface area contributed by atoms with Crippen LogP contribution in [-0.4, -0.2) is 96.7 Å². The van der Waals surface area contributed by atoms with Crippen LogP contribution < -0.4 is 0 Å². The van der Waals surface area contributed by atoms with Crippen LogP contribution in [0, 0.1) is 5.92 Å². The summed E-state index contributed by atoms with van der Waals surface area (Å²) in [5.74, 6) is -1.35. The number of hydrogen-bond acceptors (Lipinski definition) is 15. The molecule has 0 fully saturated rings. The molecule has 0 aliphatic heterocycles. The maximum atomic E-state index is 13.1. The number of aliphatic hydroxyl groups is 1. The van der Waals surface area contributed by atoms with Gasteiger partial charge in [0.25, 0.3) is 0 Å². The Balaban J connectivity index is 5.20. The Hall–Kier alpha value is -1.94. The summed E-state index contributed by atoms with van der Waals surface area (Å²) in [7, 11) is -9.91. The van der Waals surface area contributed by atoms with Crippen molar-refractivity contribution in [1.29, 1.82) is 0 Å².